The van der Waals surface area contributed by atoms with E-state index in [0.29, 0.717) is 5.57 Å². The van der Waals surface area contributed by atoms with E-state index in [4.69, 9.17) is 0 Å². The van der Waals surface area contributed by atoms with Crippen LogP contribution in [-0.2, 0) is 0 Å². The Balaban J connectivity index is 1.80. The van der Waals surface area contributed by atoms with Crippen LogP contribution in [0.15, 0.2) is 66.7 Å². The quantitative estimate of drug-likeness (QED) is 0.356. The molecule has 2 heteroatoms. The van der Waals surface area contributed by atoms with Gasteiger partial charge in [0.1, 0.15) is 0 Å². The van der Waals surface area contributed by atoms with Gasteiger partial charge in [-0.1, -0.05) is 42.5 Å². The molecule has 1 heterocycles. The first-order chi connectivity index (χ1) is 14.0. The van der Waals surface area contributed by atoms with Crippen molar-refractivity contribution in [3.63, 3.8) is 0 Å². The number of hydrogen-bond donors (Lipinski definition) is 0. The van der Waals surface area contributed by atoms with E-state index >= 15 is 0 Å². The highest BCUT2D eigenvalue weighted by atomic mass is 15.0. The maximum atomic E-state index is 9.84. The number of nitriles is 1. The van der Waals surface area contributed by atoms with Crippen LogP contribution in [0.3, 0.4) is 0 Å². The van der Waals surface area contributed by atoms with Crippen molar-refractivity contribution in [3.8, 4) is 11.8 Å². The van der Waals surface area contributed by atoms with Crippen LogP contribution in [0.4, 0.5) is 0 Å². The predicted octanol–water partition coefficient (Wildman–Crippen LogP) is 6.93. The van der Waals surface area contributed by atoms with E-state index in [0.717, 1.165) is 33.6 Å². The Morgan fingerprint density at radius 2 is 1.59 bits per heavy atom. The summed E-state index contributed by atoms with van der Waals surface area (Å²) in [5.41, 5.74) is 8.73. The lowest BCUT2D eigenvalue weighted by molar-refractivity contribution is 0.961. The maximum Gasteiger partial charge on any atom is 0.0998 e. The number of nitrogens with zero attached hydrogens (tertiary/aromatic N) is 2. The van der Waals surface area contributed by atoms with Gasteiger partial charge in [0, 0.05) is 17.1 Å². The second-order valence-electron chi connectivity index (χ2n) is 7.66. The number of aryl methyl sites for hydroxylation is 3. The number of hydrogen-bond acceptors (Lipinski definition) is 1. The molecular weight excluding hydrogens is 352 g/mol. The molecule has 142 valence electrons. The molecule has 0 bridgehead atoms. The van der Waals surface area contributed by atoms with Gasteiger partial charge in [0.25, 0.3) is 0 Å². The van der Waals surface area contributed by atoms with Gasteiger partial charge in [-0.05, 0) is 91.1 Å². The van der Waals surface area contributed by atoms with Crippen molar-refractivity contribution in [1.82, 2.24) is 4.57 Å². The van der Waals surface area contributed by atoms with Gasteiger partial charge in [0.15, 0.2) is 0 Å². The molecule has 0 saturated heterocycles. The van der Waals surface area contributed by atoms with Gasteiger partial charge in [-0.15, -0.1) is 0 Å². The van der Waals surface area contributed by atoms with Crippen molar-refractivity contribution in [3.05, 3.63) is 100 Å². The molecule has 4 rings (SSSR count). The zero-order valence-electron chi connectivity index (χ0n) is 17.3. The van der Waals surface area contributed by atoms with Crippen LogP contribution in [0.1, 0.15) is 33.6 Å². The Kier molecular flexibility index (Phi) is 4.82. The molecule has 0 spiro atoms. The Morgan fingerprint density at radius 3 is 2.31 bits per heavy atom. The van der Waals surface area contributed by atoms with Crippen molar-refractivity contribution < 1.29 is 0 Å². The van der Waals surface area contributed by atoms with Crippen molar-refractivity contribution in [1.29, 1.82) is 5.26 Å². The highest BCUT2D eigenvalue weighted by Crippen LogP contribution is 2.27. The number of benzene rings is 3. The van der Waals surface area contributed by atoms with Crippen LogP contribution in [0, 0.1) is 39.0 Å². The van der Waals surface area contributed by atoms with Crippen molar-refractivity contribution in [2.24, 2.45) is 0 Å². The zero-order chi connectivity index (χ0) is 20.5. The fourth-order valence-corrected chi connectivity index (χ4v) is 3.89. The van der Waals surface area contributed by atoms with Crippen LogP contribution in [0.25, 0.3) is 28.1 Å². The van der Waals surface area contributed by atoms with E-state index in [1.54, 1.807) is 0 Å². The Hall–Kier alpha value is -3.57. The summed E-state index contributed by atoms with van der Waals surface area (Å²) in [6, 6.07) is 25.5. The minimum Gasteiger partial charge on any atom is -0.318 e. The summed E-state index contributed by atoms with van der Waals surface area (Å²) in [6.45, 7) is 8.50. The first-order valence-corrected chi connectivity index (χ1v) is 9.85. The first-order valence-electron chi connectivity index (χ1n) is 9.85. The Morgan fingerprint density at radius 1 is 0.828 bits per heavy atom. The summed E-state index contributed by atoms with van der Waals surface area (Å²) in [7, 11) is 0. The summed E-state index contributed by atoms with van der Waals surface area (Å²) in [4.78, 5) is 0. The summed E-state index contributed by atoms with van der Waals surface area (Å²) in [5, 5.41) is 12.2. The van der Waals surface area contributed by atoms with Crippen LogP contribution in [-0.4, -0.2) is 4.57 Å². The summed E-state index contributed by atoms with van der Waals surface area (Å²) in [5.74, 6) is 0. The molecule has 0 atom stereocenters. The molecular formula is C27H24N2. The Labute approximate surface area is 172 Å². The molecule has 0 aliphatic rings. The SMILES string of the molecule is Cc1ccc(-n2c(C)cc(/C=C(/C#N)c3ccc4ccccc4c3)c2C)cc1C. The van der Waals surface area contributed by atoms with Gasteiger partial charge in [0.2, 0.25) is 0 Å². The molecule has 0 amide bonds. The molecule has 0 unspecified atom stereocenters. The average Bonchev–Trinajstić information content (AvgIpc) is 3.01. The smallest absolute Gasteiger partial charge is 0.0998 e. The molecule has 29 heavy (non-hydrogen) atoms. The molecule has 0 N–H and O–H groups in total. The number of rotatable bonds is 3. The topological polar surface area (TPSA) is 28.7 Å². The molecule has 0 fully saturated rings. The van der Waals surface area contributed by atoms with Gasteiger partial charge < -0.3 is 4.57 Å². The van der Waals surface area contributed by atoms with Gasteiger partial charge in [-0.2, -0.15) is 5.26 Å². The van der Waals surface area contributed by atoms with E-state index in [2.05, 4.69) is 86.9 Å². The first kappa shape index (κ1) is 18.8. The molecule has 0 aliphatic carbocycles. The molecule has 0 radical (unpaired) electrons. The predicted molar refractivity (Wildman–Crippen MR) is 122 cm³/mol. The number of fused-ring (bicyclic) bond motifs is 1. The normalized spacial score (nSPS) is 11.6. The lowest BCUT2D eigenvalue weighted by atomic mass is 10.0. The van der Waals surface area contributed by atoms with Crippen molar-refractivity contribution >= 4 is 22.4 Å². The van der Waals surface area contributed by atoms with E-state index < -0.39 is 0 Å². The third-order valence-corrected chi connectivity index (χ3v) is 5.70. The second-order valence-corrected chi connectivity index (χ2v) is 7.66. The third-order valence-electron chi connectivity index (χ3n) is 5.70. The Bertz CT molecular complexity index is 1300. The lowest BCUT2D eigenvalue weighted by Gasteiger charge is -2.12. The molecule has 3 aromatic carbocycles. The highest BCUT2D eigenvalue weighted by molar-refractivity contribution is 5.94. The van der Waals surface area contributed by atoms with E-state index in [1.807, 2.05) is 24.3 Å². The van der Waals surface area contributed by atoms with Crippen LogP contribution in [0.2, 0.25) is 0 Å². The van der Waals surface area contributed by atoms with E-state index in [9.17, 15) is 5.26 Å². The number of aromatic nitrogens is 1. The molecule has 4 aromatic rings. The summed E-state index contributed by atoms with van der Waals surface area (Å²) >= 11 is 0. The minimum absolute atomic E-state index is 0.677. The minimum atomic E-state index is 0.677. The maximum absolute atomic E-state index is 9.84. The fourth-order valence-electron chi connectivity index (χ4n) is 3.89. The third kappa shape index (κ3) is 3.48. The summed E-state index contributed by atoms with van der Waals surface area (Å²) < 4.78 is 2.26. The molecule has 0 saturated carbocycles. The van der Waals surface area contributed by atoms with Gasteiger partial charge in [-0.25, -0.2) is 0 Å². The largest absolute Gasteiger partial charge is 0.318 e. The van der Waals surface area contributed by atoms with Gasteiger partial charge in [-0.3, -0.25) is 0 Å². The van der Waals surface area contributed by atoms with Gasteiger partial charge in [0.05, 0.1) is 11.6 Å². The van der Waals surface area contributed by atoms with Crippen LogP contribution < -0.4 is 0 Å². The van der Waals surface area contributed by atoms with Crippen molar-refractivity contribution in [2.45, 2.75) is 27.7 Å². The average molecular weight is 377 g/mol. The molecule has 2 nitrogen and oxygen atoms in total. The summed E-state index contributed by atoms with van der Waals surface area (Å²) in [6.07, 6.45) is 2.00. The highest BCUT2D eigenvalue weighted by Gasteiger charge is 2.12. The fraction of sp³-hybridized carbons (Fsp3) is 0.148. The van der Waals surface area contributed by atoms with Crippen LogP contribution >= 0.6 is 0 Å². The molecule has 1 aromatic heterocycles. The monoisotopic (exact) mass is 376 g/mol. The lowest BCUT2D eigenvalue weighted by Crippen LogP contribution is -2.00. The van der Waals surface area contributed by atoms with Gasteiger partial charge >= 0.3 is 0 Å². The molecule has 0 aliphatic heterocycles. The van der Waals surface area contributed by atoms with E-state index in [-0.39, 0.29) is 0 Å². The number of allylic oxidation sites excluding steroid dienone is 1. The standard InChI is InChI=1S/C27H24N2/c1-18-9-12-27(13-19(18)2)29-20(3)14-25(21(29)4)16-26(17-28)24-11-10-22-7-5-6-8-23(22)15-24/h5-16H,1-4H3/b26-16-. The van der Waals surface area contributed by atoms with Crippen LogP contribution in [0.5, 0.6) is 0 Å². The van der Waals surface area contributed by atoms with E-state index in [1.165, 1.54) is 16.5 Å². The zero-order valence-corrected chi connectivity index (χ0v) is 17.3. The second kappa shape index (κ2) is 7.45. The van der Waals surface area contributed by atoms with Crippen molar-refractivity contribution in [2.75, 3.05) is 0 Å².